The normalized spacial score (nSPS) is 28.7. The van der Waals surface area contributed by atoms with Gasteiger partial charge in [-0.15, -0.1) is 0 Å². The van der Waals surface area contributed by atoms with Crippen LogP contribution in [0.1, 0.15) is 60.8 Å². The van der Waals surface area contributed by atoms with Crippen LogP contribution >= 0.6 is 0 Å². The number of carbonyl (C=O) groups excluding carboxylic acids is 1. The predicted octanol–water partition coefficient (Wildman–Crippen LogP) is 2.69. The van der Waals surface area contributed by atoms with Gasteiger partial charge in [-0.25, -0.2) is 0 Å². The minimum atomic E-state index is -0.297. The van der Waals surface area contributed by atoms with Crippen molar-refractivity contribution in [3.05, 3.63) is 0 Å². The van der Waals surface area contributed by atoms with Gasteiger partial charge >= 0.3 is 0 Å². The van der Waals surface area contributed by atoms with Crippen LogP contribution in [-0.2, 0) is 4.79 Å². The monoisotopic (exact) mass is 254 g/mol. The Hall–Kier alpha value is -0.570. The molecule has 1 saturated carbocycles. The summed E-state index contributed by atoms with van der Waals surface area (Å²) in [5, 5.41) is 3.21. The molecule has 3 nitrogen and oxygen atoms in total. The summed E-state index contributed by atoms with van der Waals surface area (Å²) in [5.74, 6) is 0.780. The van der Waals surface area contributed by atoms with Crippen molar-refractivity contribution in [2.75, 3.05) is 6.54 Å². The summed E-state index contributed by atoms with van der Waals surface area (Å²) >= 11 is 0. The van der Waals surface area contributed by atoms with Crippen molar-refractivity contribution in [2.45, 2.75) is 66.3 Å². The van der Waals surface area contributed by atoms with E-state index in [-0.39, 0.29) is 22.3 Å². The Morgan fingerprint density at radius 1 is 1.28 bits per heavy atom. The number of nitrogens with one attached hydrogen (secondary N) is 1. The summed E-state index contributed by atoms with van der Waals surface area (Å²) in [6, 6.07) is 0. The van der Waals surface area contributed by atoms with Gasteiger partial charge in [-0.1, -0.05) is 27.7 Å². The van der Waals surface area contributed by atoms with Crippen LogP contribution in [0.4, 0.5) is 0 Å². The lowest BCUT2D eigenvalue weighted by molar-refractivity contribution is -0.140. The van der Waals surface area contributed by atoms with Gasteiger partial charge in [0.25, 0.3) is 0 Å². The first-order valence-corrected chi connectivity index (χ1v) is 7.02. The van der Waals surface area contributed by atoms with Gasteiger partial charge < -0.3 is 11.1 Å². The molecular weight excluding hydrogens is 224 g/mol. The summed E-state index contributed by atoms with van der Waals surface area (Å²) in [4.78, 5) is 12.4. The van der Waals surface area contributed by atoms with E-state index in [9.17, 15) is 4.79 Å². The molecule has 0 aromatic carbocycles. The van der Waals surface area contributed by atoms with Crippen LogP contribution in [0.5, 0.6) is 0 Å². The molecular formula is C15H30N2O. The van der Waals surface area contributed by atoms with E-state index in [0.29, 0.717) is 12.5 Å². The maximum atomic E-state index is 12.4. The highest BCUT2D eigenvalue weighted by molar-refractivity contribution is 5.84. The molecule has 0 unspecified atom stereocenters. The molecule has 18 heavy (non-hydrogen) atoms. The van der Waals surface area contributed by atoms with Crippen molar-refractivity contribution >= 4 is 5.91 Å². The van der Waals surface area contributed by atoms with E-state index >= 15 is 0 Å². The minimum Gasteiger partial charge on any atom is -0.351 e. The Morgan fingerprint density at radius 2 is 1.78 bits per heavy atom. The zero-order valence-corrected chi connectivity index (χ0v) is 12.9. The Kier molecular flexibility index (Phi) is 4.16. The molecule has 3 heteroatoms. The molecule has 1 amide bonds. The molecule has 0 aromatic heterocycles. The van der Waals surface area contributed by atoms with Crippen molar-refractivity contribution in [3.8, 4) is 0 Å². The zero-order chi connectivity index (χ0) is 14.2. The summed E-state index contributed by atoms with van der Waals surface area (Å²) in [6.45, 7) is 13.4. The van der Waals surface area contributed by atoms with Crippen LogP contribution < -0.4 is 11.1 Å². The highest BCUT2D eigenvalue weighted by Crippen LogP contribution is 2.45. The Labute approximate surface area is 112 Å². The molecule has 0 aromatic rings. The molecule has 3 N–H and O–H groups in total. The minimum absolute atomic E-state index is 0.150. The third-order valence-electron chi connectivity index (χ3n) is 3.77. The fourth-order valence-corrected chi connectivity index (χ4v) is 3.53. The van der Waals surface area contributed by atoms with E-state index in [2.05, 4.69) is 46.9 Å². The summed E-state index contributed by atoms with van der Waals surface area (Å²) < 4.78 is 0. The van der Waals surface area contributed by atoms with Gasteiger partial charge in [0.15, 0.2) is 0 Å². The lowest BCUT2D eigenvalue weighted by atomic mass is 9.61. The topological polar surface area (TPSA) is 55.1 Å². The van der Waals surface area contributed by atoms with Crippen LogP contribution in [0, 0.1) is 16.7 Å². The lowest BCUT2D eigenvalue weighted by Crippen LogP contribution is -2.58. The van der Waals surface area contributed by atoms with Crippen LogP contribution in [0.3, 0.4) is 0 Å². The predicted molar refractivity (Wildman–Crippen MR) is 76.2 cm³/mol. The molecule has 0 atom stereocenters. The van der Waals surface area contributed by atoms with Crippen molar-refractivity contribution in [1.29, 1.82) is 0 Å². The van der Waals surface area contributed by atoms with Gasteiger partial charge in [-0.3, -0.25) is 4.79 Å². The number of rotatable bonds is 4. The van der Waals surface area contributed by atoms with E-state index in [1.54, 1.807) is 0 Å². The number of nitrogens with two attached hydrogens (primary N) is 1. The summed E-state index contributed by atoms with van der Waals surface area (Å²) in [7, 11) is 0. The van der Waals surface area contributed by atoms with E-state index in [1.807, 2.05) is 0 Å². The van der Waals surface area contributed by atoms with Crippen molar-refractivity contribution in [2.24, 2.45) is 22.5 Å². The molecule has 0 heterocycles. The fraction of sp³-hybridized carbons (Fsp3) is 0.933. The number of hydrogen-bond acceptors (Lipinski definition) is 2. The molecule has 0 aliphatic heterocycles. The third kappa shape index (κ3) is 3.71. The second-order valence-electron chi connectivity index (χ2n) is 8.07. The van der Waals surface area contributed by atoms with Crippen molar-refractivity contribution < 1.29 is 4.79 Å². The average molecular weight is 254 g/mol. The molecule has 0 bridgehead atoms. The molecule has 0 saturated heterocycles. The van der Waals surface area contributed by atoms with Gasteiger partial charge in [0, 0.05) is 12.1 Å². The second-order valence-corrected chi connectivity index (χ2v) is 8.07. The number of carbonyl (C=O) groups is 1. The first-order valence-electron chi connectivity index (χ1n) is 7.02. The standard InChI is InChI=1S/C15H30N2O/c1-11-7-15(8-11,10-16)12(18)17-14(5,6)9-13(2,3)4/h11H,7-10,16H2,1-6H3,(H,17,18). The number of hydrogen-bond donors (Lipinski definition) is 2. The lowest BCUT2D eigenvalue weighted by Gasteiger charge is -2.46. The zero-order valence-electron chi connectivity index (χ0n) is 12.9. The van der Waals surface area contributed by atoms with Crippen molar-refractivity contribution in [1.82, 2.24) is 5.32 Å². The van der Waals surface area contributed by atoms with Gasteiger partial charge in [0.05, 0.1) is 5.41 Å². The van der Waals surface area contributed by atoms with E-state index in [4.69, 9.17) is 5.73 Å². The van der Waals surface area contributed by atoms with Crippen LogP contribution in [0.2, 0.25) is 0 Å². The summed E-state index contributed by atoms with van der Waals surface area (Å²) in [5.41, 5.74) is 5.56. The van der Waals surface area contributed by atoms with Gasteiger partial charge in [-0.2, -0.15) is 0 Å². The van der Waals surface area contributed by atoms with Crippen molar-refractivity contribution in [3.63, 3.8) is 0 Å². The number of amides is 1. The Balaban J connectivity index is 2.64. The summed E-state index contributed by atoms with van der Waals surface area (Å²) in [6.07, 6.45) is 2.82. The van der Waals surface area contributed by atoms with E-state index in [0.717, 1.165) is 19.3 Å². The first-order chi connectivity index (χ1) is 8.00. The van der Waals surface area contributed by atoms with Gasteiger partial charge in [-0.05, 0) is 44.4 Å². The molecule has 1 aliphatic rings. The average Bonchev–Trinajstić information content (AvgIpc) is 2.06. The molecule has 1 aliphatic carbocycles. The second kappa shape index (κ2) is 4.84. The van der Waals surface area contributed by atoms with Crippen LogP contribution in [-0.4, -0.2) is 18.0 Å². The SMILES string of the molecule is CC1CC(CN)(C(=O)NC(C)(C)CC(C)(C)C)C1. The fourth-order valence-electron chi connectivity index (χ4n) is 3.53. The molecule has 0 spiro atoms. The maximum Gasteiger partial charge on any atom is 0.227 e. The molecule has 106 valence electrons. The quantitative estimate of drug-likeness (QED) is 0.810. The van der Waals surface area contributed by atoms with Gasteiger partial charge in [0.1, 0.15) is 0 Å². The first kappa shape index (κ1) is 15.5. The third-order valence-corrected chi connectivity index (χ3v) is 3.77. The largest absolute Gasteiger partial charge is 0.351 e. The van der Waals surface area contributed by atoms with E-state index in [1.165, 1.54) is 0 Å². The smallest absolute Gasteiger partial charge is 0.227 e. The molecule has 1 fully saturated rings. The molecule has 1 rings (SSSR count). The maximum absolute atomic E-state index is 12.4. The highest BCUT2D eigenvalue weighted by Gasteiger charge is 2.48. The van der Waals surface area contributed by atoms with Gasteiger partial charge in [0.2, 0.25) is 5.91 Å². The highest BCUT2D eigenvalue weighted by atomic mass is 16.2. The molecule has 0 radical (unpaired) electrons. The van der Waals surface area contributed by atoms with Crippen LogP contribution in [0.15, 0.2) is 0 Å². The van der Waals surface area contributed by atoms with E-state index < -0.39 is 0 Å². The Morgan fingerprint density at radius 3 is 2.11 bits per heavy atom. The van der Waals surface area contributed by atoms with Crippen LogP contribution in [0.25, 0.3) is 0 Å². The Bertz CT molecular complexity index is 309.